The summed E-state index contributed by atoms with van der Waals surface area (Å²) in [7, 11) is 0. The van der Waals surface area contributed by atoms with Gasteiger partial charge in [-0.1, -0.05) is 12.6 Å². The molecule has 1 rings (SSSR count). The molecule has 0 aliphatic heterocycles. The van der Waals surface area contributed by atoms with E-state index >= 15 is 0 Å². The summed E-state index contributed by atoms with van der Waals surface area (Å²) in [4.78, 5) is 4.09. The van der Waals surface area contributed by atoms with Gasteiger partial charge in [0.2, 0.25) is 0 Å². The van der Waals surface area contributed by atoms with Gasteiger partial charge in [-0.3, -0.25) is 4.99 Å². The topological polar surface area (TPSA) is 57.4 Å². The molecule has 0 atom stereocenters. The first-order valence-electron chi connectivity index (χ1n) is 5.35. The first kappa shape index (κ1) is 12.8. The van der Waals surface area contributed by atoms with E-state index in [2.05, 4.69) is 23.0 Å². The van der Waals surface area contributed by atoms with Gasteiger partial charge in [0.1, 0.15) is 5.75 Å². The van der Waals surface area contributed by atoms with Crippen LogP contribution in [0.1, 0.15) is 12.0 Å². The lowest BCUT2D eigenvalue weighted by molar-refractivity contribution is 0.313. The van der Waals surface area contributed by atoms with Crippen LogP contribution in [0.4, 0.5) is 0 Å². The molecule has 0 saturated heterocycles. The molecule has 0 bridgehead atoms. The quantitative estimate of drug-likeness (QED) is 0.442. The lowest BCUT2D eigenvalue weighted by Gasteiger charge is -2.04. The van der Waals surface area contributed by atoms with Crippen LogP contribution in [-0.4, -0.2) is 19.5 Å². The van der Waals surface area contributed by atoms with Crippen molar-refractivity contribution in [1.29, 1.82) is 5.26 Å². The first-order chi connectivity index (χ1) is 8.36. The first-order valence-corrected chi connectivity index (χ1v) is 5.35. The van der Waals surface area contributed by atoms with Crippen LogP contribution < -0.4 is 10.1 Å². The molecule has 17 heavy (non-hydrogen) atoms. The number of ether oxygens (including phenoxy) is 1. The highest BCUT2D eigenvalue weighted by Gasteiger charge is 1.95. The van der Waals surface area contributed by atoms with Gasteiger partial charge in [-0.25, -0.2) is 0 Å². The summed E-state index contributed by atoms with van der Waals surface area (Å²) in [6.45, 7) is 4.77. The van der Waals surface area contributed by atoms with Gasteiger partial charge in [0.25, 0.3) is 0 Å². The second-order valence-electron chi connectivity index (χ2n) is 3.25. The summed E-state index contributed by atoms with van der Waals surface area (Å²) in [5.74, 6) is 0.720. The number of rotatable bonds is 7. The molecule has 1 N–H and O–H groups in total. The largest absolute Gasteiger partial charge is 0.493 e. The highest BCUT2D eigenvalue weighted by molar-refractivity contribution is 5.55. The second-order valence-corrected chi connectivity index (χ2v) is 3.25. The average molecular weight is 229 g/mol. The fourth-order valence-electron chi connectivity index (χ4n) is 1.17. The van der Waals surface area contributed by atoms with Gasteiger partial charge in [-0.05, 0) is 24.4 Å². The van der Waals surface area contributed by atoms with E-state index in [1.807, 2.05) is 6.07 Å². The van der Waals surface area contributed by atoms with Crippen LogP contribution in [0.25, 0.3) is 0 Å². The molecule has 0 amide bonds. The predicted molar refractivity (Wildman–Crippen MR) is 68.0 cm³/mol. The van der Waals surface area contributed by atoms with Gasteiger partial charge in [-0.2, -0.15) is 5.26 Å². The number of nitriles is 1. The number of hydrogen-bond acceptors (Lipinski definition) is 3. The van der Waals surface area contributed by atoms with Crippen molar-refractivity contribution < 1.29 is 4.74 Å². The van der Waals surface area contributed by atoms with E-state index in [1.165, 1.54) is 0 Å². The van der Waals surface area contributed by atoms with Crippen molar-refractivity contribution in [2.24, 2.45) is 4.99 Å². The fourth-order valence-corrected chi connectivity index (χ4v) is 1.17. The van der Waals surface area contributed by atoms with Gasteiger partial charge >= 0.3 is 0 Å². The zero-order valence-electron chi connectivity index (χ0n) is 9.60. The van der Waals surface area contributed by atoms with E-state index in [0.717, 1.165) is 12.2 Å². The lowest BCUT2D eigenvalue weighted by atomic mass is 10.2. The number of benzene rings is 1. The van der Waals surface area contributed by atoms with Gasteiger partial charge in [0.05, 0.1) is 24.6 Å². The third-order valence-electron chi connectivity index (χ3n) is 1.95. The summed E-state index contributed by atoms with van der Waals surface area (Å²) >= 11 is 0. The summed E-state index contributed by atoms with van der Waals surface area (Å²) in [6, 6.07) is 9.19. The predicted octanol–water partition coefficient (Wildman–Crippen LogP) is 2.09. The van der Waals surface area contributed by atoms with Gasteiger partial charge in [-0.15, -0.1) is 0 Å². The van der Waals surface area contributed by atoms with E-state index in [1.54, 1.807) is 30.7 Å². The van der Waals surface area contributed by atoms with Crippen LogP contribution in [0.15, 0.2) is 42.0 Å². The Kier molecular flexibility index (Phi) is 5.97. The highest BCUT2D eigenvalue weighted by atomic mass is 16.5. The summed E-state index contributed by atoms with van der Waals surface area (Å²) in [6.07, 6.45) is 3.99. The summed E-state index contributed by atoms with van der Waals surface area (Å²) < 4.78 is 5.49. The van der Waals surface area contributed by atoms with Crippen molar-refractivity contribution >= 4 is 6.34 Å². The maximum Gasteiger partial charge on any atom is 0.120 e. The molecule has 0 spiro atoms. The zero-order valence-corrected chi connectivity index (χ0v) is 9.60. The molecule has 0 unspecified atom stereocenters. The molecule has 4 nitrogen and oxygen atoms in total. The van der Waals surface area contributed by atoms with E-state index in [-0.39, 0.29) is 0 Å². The Morgan fingerprint density at radius 2 is 2.41 bits per heavy atom. The summed E-state index contributed by atoms with van der Waals surface area (Å²) in [5, 5.41) is 11.5. The molecule has 0 radical (unpaired) electrons. The lowest BCUT2D eigenvalue weighted by Crippen LogP contribution is -2.02. The van der Waals surface area contributed by atoms with Gasteiger partial charge in [0.15, 0.2) is 0 Å². The van der Waals surface area contributed by atoms with Crippen molar-refractivity contribution in [3.63, 3.8) is 0 Å². The minimum Gasteiger partial charge on any atom is -0.493 e. The maximum atomic E-state index is 8.71. The monoisotopic (exact) mass is 229 g/mol. The third kappa shape index (κ3) is 5.38. The number of nitrogens with one attached hydrogen (secondary N) is 1. The molecular formula is C13H15N3O. The molecule has 0 aliphatic carbocycles. The molecule has 4 heteroatoms. The van der Waals surface area contributed by atoms with Crippen molar-refractivity contribution in [3.05, 3.63) is 42.6 Å². The van der Waals surface area contributed by atoms with Gasteiger partial charge < -0.3 is 10.1 Å². The molecular weight excluding hydrogens is 214 g/mol. The molecule has 0 aliphatic rings. The van der Waals surface area contributed by atoms with Crippen molar-refractivity contribution in [2.45, 2.75) is 6.42 Å². The Labute approximate surface area is 101 Å². The molecule has 0 aromatic heterocycles. The minimum atomic E-state index is 0.584. The zero-order chi connectivity index (χ0) is 12.3. The molecule has 0 heterocycles. The maximum absolute atomic E-state index is 8.71. The van der Waals surface area contributed by atoms with E-state index in [9.17, 15) is 0 Å². The molecule has 1 aromatic rings. The Hall–Kier alpha value is -2.28. The SMILES string of the molecule is C=CNC=NCCCOc1cccc(C#N)c1. The normalized spacial score (nSPS) is 9.82. The average Bonchev–Trinajstić information content (AvgIpc) is 2.38. The Balaban J connectivity index is 2.22. The van der Waals surface area contributed by atoms with Crippen molar-refractivity contribution in [2.75, 3.05) is 13.2 Å². The number of nitrogens with zero attached hydrogens (tertiary/aromatic N) is 2. The van der Waals surface area contributed by atoms with Gasteiger partial charge in [0, 0.05) is 13.0 Å². The smallest absolute Gasteiger partial charge is 0.120 e. The minimum absolute atomic E-state index is 0.584. The van der Waals surface area contributed by atoms with Crippen LogP contribution in [0.5, 0.6) is 5.75 Å². The molecule has 88 valence electrons. The van der Waals surface area contributed by atoms with E-state index in [4.69, 9.17) is 10.00 Å². The second kappa shape index (κ2) is 7.94. The number of hydrogen-bond donors (Lipinski definition) is 1. The van der Waals surface area contributed by atoms with E-state index < -0.39 is 0 Å². The fraction of sp³-hybridized carbons (Fsp3) is 0.231. The highest BCUT2D eigenvalue weighted by Crippen LogP contribution is 2.12. The summed E-state index contributed by atoms with van der Waals surface area (Å²) in [5.41, 5.74) is 0.607. The van der Waals surface area contributed by atoms with Crippen molar-refractivity contribution in [1.82, 2.24) is 5.32 Å². The van der Waals surface area contributed by atoms with Crippen LogP contribution in [0.2, 0.25) is 0 Å². The third-order valence-corrected chi connectivity index (χ3v) is 1.95. The van der Waals surface area contributed by atoms with Crippen LogP contribution >= 0.6 is 0 Å². The standard InChI is InChI=1S/C13H15N3O/c1-2-15-11-16-7-4-8-17-13-6-3-5-12(9-13)10-14/h2-3,5-6,9,11H,1,4,7-8H2,(H,15,16). The molecule has 0 saturated carbocycles. The molecule has 0 fully saturated rings. The van der Waals surface area contributed by atoms with Crippen LogP contribution in [0.3, 0.4) is 0 Å². The van der Waals surface area contributed by atoms with Crippen LogP contribution in [0, 0.1) is 11.3 Å². The van der Waals surface area contributed by atoms with E-state index in [0.29, 0.717) is 18.7 Å². The van der Waals surface area contributed by atoms with Crippen molar-refractivity contribution in [3.8, 4) is 11.8 Å². The number of aliphatic imine (C=N–C) groups is 1. The molecule has 1 aromatic carbocycles. The Bertz CT molecular complexity index is 421. The Morgan fingerprint density at radius 1 is 1.53 bits per heavy atom. The Morgan fingerprint density at radius 3 is 3.18 bits per heavy atom. The van der Waals surface area contributed by atoms with Crippen LogP contribution in [-0.2, 0) is 0 Å².